The highest BCUT2D eigenvalue weighted by atomic mass is 16.6. The lowest BCUT2D eigenvalue weighted by molar-refractivity contribution is -0.167. The van der Waals surface area contributed by atoms with Gasteiger partial charge in [-0.3, -0.25) is 14.4 Å². The topological polar surface area (TPSA) is 78.9 Å². The van der Waals surface area contributed by atoms with E-state index in [0.29, 0.717) is 19.3 Å². The van der Waals surface area contributed by atoms with Gasteiger partial charge in [0.25, 0.3) is 0 Å². The van der Waals surface area contributed by atoms with Crippen LogP contribution in [0.2, 0.25) is 0 Å². The first-order valence-electron chi connectivity index (χ1n) is 31.3. The first-order valence-corrected chi connectivity index (χ1v) is 31.3. The van der Waals surface area contributed by atoms with Crippen LogP contribution in [-0.4, -0.2) is 37.2 Å². The van der Waals surface area contributed by atoms with Crippen LogP contribution in [0.5, 0.6) is 0 Å². The van der Waals surface area contributed by atoms with Crippen molar-refractivity contribution in [1.29, 1.82) is 0 Å². The van der Waals surface area contributed by atoms with E-state index in [2.05, 4.69) is 45.1 Å². The van der Waals surface area contributed by atoms with E-state index < -0.39 is 6.10 Å². The van der Waals surface area contributed by atoms with Crippen LogP contribution < -0.4 is 0 Å². The molecule has 0 aliphatic heterocycles. The Kier molecular flexibility index (Phi) is 57.7. The van der Waals surface area contributed by atoms with Gasteiger partial charge in [-0.25, -0.2) is 0 Å². The maximum absolute atomic E-state index is 12.8. The van der Waals surface area contributed by atoms with Crippen LogP contribution in [0.3, 0.4) is 0 Å². The lowest BCUT2D eigenvalue weighted by Gasteiger charge is -2.18. The standard InChI is InChI=1S/C64H120O6/c1-4-7-10-13-16-19-22-24-26-27-28-29-30-31-32-33-34-35-36-37-39-40-42-45-48-51-54-57-63(66)69-60-61(59-68-62(65)56-53-50-47-44-21-18-15-12-9-6-3)70-64(67)58-55-52-49-46-43-41-38-25-23-20-17-14-11-8-5-2/h17,20,25,38,61H,4-16,18-19,21-24,26-37,39-60H2,1-3H3/b20-17-,38-25-. The number of carbonyl (C=O) groups excluding carboxylic acids is 3. The zero-order chi connectivity index (χ0) is 50.7. The van der Waals surface area contributed by atoms with E-state index in [4.69, 9.17) is 14.2 Å². The molecule has 0 heterocycles. The summed E-state index contributed by atoms with van der Waals surface area (Å²) in [4.78, 5) is 38.1. The van der Waals surface area contributed by atoms with E-state index in [1.165, 1.54) is 231 Å². The molecular formula is C64H120O6. The zero-order valence-electron chi connectivity index (χ0n) is 47.3. The molecule has 70 heavy (non-hydrogen) atoms. The van der Waals surface area contributed by atoms with E-state index in [0.717, 1.165) is 77.0 Å². The molecule has 0 aliphatic carbocycles. The molecule has 0 N–H and O–H groups in total. The van der Waals surface area contributed by atoms with Crippen molar-refractivity contribution in [3.8, 4) is 0 Å². The molecule has 0 radical (unpaired) electrons. The van der Waals surface area contributed by atoms with Crippen LogP contribution >= 0.6 is 0 Å². The summed E-state index contributed by atoms with van der Waals surface area (Å²) in [6, 6.07) is 0. The highest BCUT2D eigenvalue weighted by molar-refractivity contribution is 5.71. The second kappa shape index (κ2) is 59.5. The molecule has 412 valence electrons. The maximum Gasteiger partial charge on any atom is 0.306 e. The maximum atomic E-state index is 12.8. The van der Waals surface area contributed by atoms with Crippen LogP contribution in [-0.2, 0) is 28.6 Å². The fourth-order valence-electron chi connectivity index (χ4n) is 9.48. The van der Waals surface area contributed by atoms with E-state index >= 15 is 0 Å². The smallest absolute Gasteiger partial charge is 0.306 e. The Morgan fingerprint density at radius 1 is 0.286 bits per heavy atom. The molecule has 0 aromatic heterocycles. The quantitative estimate of drug-likeness (QED) is 0.0261. The molecule has 0 spiro atoms. The summed E-state index contributed by atoms with van der Waals surface area (Å²) in [6.45, 7) is 6.64. The van der Waals surface area contributed by atoms with Gasteiger partial charge in [0.2, 0.25) is 0 Å². The Bertz CT molecular complexity index is 1130. The Morgan fingerprint density at radius 2 is 0.514 bits per heavy atom. The van der Waals surface area contributed by atoms with Gasteiger partial charge in [-0.15, -0.1) is 0 Å². The number of ether oxygens (including phenoxy) is 3. The average molecular weight is 986 g/mol. The summed E-state index contributed by atoms with van der Waals surface area (Å²) in [5.74, 6) is -0.865. The van der Waals surface area contributed by atoms with Crippen LogP contribution in [0.4, 0.5) is 0 Å². The molecule has 1 atom stereocenters. The highest BCUT2D eigenvalue weighted by Gasteiger charge is 2.19. The molecule has 0 bridgehead atoms. The second-order valence-corrected chi connectivity index (χ2v) is 21.3. The van der Waals surface area contributed by atoms with E-state index in [-0.39, 0.29) is 31.1 Å². The van der Waals surface area contributed by atoms with Gasteiger partial charge >= 0.3 is 17.9 Å². The number of esters is 3. The van der Waals surface area contributed by atoms with Gasteiger partial charge in [0, 0.05) is 19.3 Å². The first kappa shape index (κ1) is 67.9. The third-order valence-corrected chi connectivity index (χ3v) is 14.2. The lowest BCUT2D eigenvalue weighted by Crippen LogP contribution is -2.30. The van der Waals surface area contributed by atoms with Crippen molar-refractivity contribution >= 4 is 17.9 Å². The number of rotatable bonds is 58. The largest absolute Gasteiger partial charge is 0.462 e. The van der Waals surface area contributed by atoms with Crippen molar-refractivity contribution in [1.82, 2.24) is 0 Å². The SMILES string of the molecule is CCCCC/C=C\C/C=C\CCCCCCCC(=O)OC(COC(=O)CCCCCCCCCCCC)COC(=O)CCCCCCCCCCCCCCCCCCCCCCCCCCCCC. The van der Waals surface area contributed by atoms with Gasteiger partial charge in [0.05, 0.1) is 0 Å². The Balaban J connectivity index is 4.12. The summed E-state index contributed by atoms with van der Waals surface area (Å²) < 4.78 is 16.9. The molecule has 0 saturated heterocycles. The minimum Gasteiger partial charge on any atom is -0.462 e. The van der Waals surface area contributed by atoms with Gasteiger partial charge in [-0.2, -0.15) is 0 Å². The summed E-state index contributed by atoms with van der Waals surface area (Å²) in [6.07, 6.45) is 70.6. The fourth-order valence-corrected chi connectivity index (χ4v) is 9.48. The number of carbonyl (C=O) groups is 3. The Morgan fingerprint density at radius 3 is 0.814 bits per heavy atom. The monoisotopic (exact) mass is 985 g/mol. The Labute approximate surface area is 436 Å². The first-order chi connectivity index (χ1) is 34.5. The molecular weight excluding hydrogens is 865 g/mol. The third kappa shape index (κ3) is 56.8. The van der Waals surface area contributed by atoms with Crippen LogP contribution in [0.1, 0.15) is 348 Å². The second-order valence-electron chi connectivity index (χ2n) is 21.3. The van der Waals surface area contributed by atoms with Gasteiger partial charge in [0.15, 0.2) is 6.10 Å². The third-order valence-electron chi connectivity index (χ3n) is 14.2. The van der Waals surface area contributed by atoms with E-state index in [9.17, 15) is 14.4 Å². The van der Waals surface area contributed by atoms with E-state index in [1.54, 1.807) is 0 Å². The summed E-state index contributed by atoms with van der Waals surface area (Å²) in [5.41, 5.74) is 0. The molecule has 0 fully saturated rings. The molecule has 0 aliphatic rings. The van der Waals surface area contributed by atoms with Gasteiger partial charge in [-0.1, -0.05) is 302 Å². The molecule has 0 saturated carbocycles. The van der Waals surface area contributed by atoms with Crippen molar-refractivity contribution in [2.24, 2.45) is 0 Å². The van der Waals surface area contributed by atoms with Crippen LogP contribution in [0.15, 0.2) is 24.3 Å². The van der Waals surface area contributed by atoms with Crippen molar-refractivity contribution in [3.05, 3.63) is 24.3 Å². The zero-order valence-corrected chi connectivity index (χ0v) is 47.3. The van der Waals surface area contributed by atoms with Gasteiger partial charge in [0.1, 0.15) is 13.2 Å². The number of hydrogen-bond donors (Lipinski definition) is 0. The number of unbranched alkanes of at least 4 members (excludes halogenated alkanes) is 43. The Hall–Kier alpha value is -2.11. The molecule has 1 unspecified atom stereocenters. The minimum atomic E-state index is -0.773. The summed E-state index contributed by atoms with van der Waals surface area (Å²) in [5, 5.41) is 0. The molecule has 6 nitrogen and oxygen atoms in total. The van der Waals surface area contributed by atoms with Crippen LogP contribution in [0.25, 0.3) is 0 Å². The predicted octanol–water partition coefficient (Wildman–Crippen LogP) is 21.1. The van der Waals surface area contributed by atoms with E-state index in [1.807, 2.05) is 0 Å². The van der Waals surface area contributed by atoms with Crippen molar-refractivity contribution in [3.63, 3.8) is 0 Å². The van der Waals surface area contributed by atoms with Crippen molar-refractivity contribution in [2.75, 3.05) is 13.2 Å². The predicted molar refractivity (Wildman–Crippen MR) is 303 cm³/mol. The number of allylic oxidation sites excluding steroid dienone is 4. The van der Waals surface area contributed by atoms with Crippen molar-refractivity contribution in [2.45, 2.75) is 354 Å². The van der Waals surface area contributed by atoms with Crippen LogP contribution in [0, 0.1) is 0 Å². The molecule has 0 aromatic carbocycles. The molecule has 0 aromatic rings. The molecule has 0 amide bonds. The summed E-state index contributed by atoms with van der Waals surface area (Å²) in [7, 11) is 0. The number of hydrogen-bond acceptors (Lipinski definition) is 6. The van der Waals surface area contributed by atoms with Gasteiger partial charge < -0.3 is 14.2 Å². The lowest BCUT2D eigenvalue weighted by atomic mass is 10.0. The molecule has 6 heteroatoms. The normalized spacial score (nSPS) is 12.1. The van der Waals surface area contributed by atoms with Crippen molar-refractivity contribution < 1.29 is 28.6 Å². The highest BCUT2D eigenvalue weighted by Crippen LogP contribution is 2.18. The summed E-state index contributed by atoms with van der Waals surface area (Å²) >= 11 is 0. The molecule has 0 rings (SSSR count). The minimum absolute atomic E-state index is 0.0716. The average Bonchev–Trinajstić information content (AvgIpc) is 3.36. The van der Waals surface area contributed by atoms with Gasteiger partial charge in [-0.05, 0) is 51.4 Å². The fraction of sp³-hybridized carbons (Fsp3) is 0.891.